The molecule has 0 aliphatic carbocycles. The molecule has 0 aromatic carbocycles. The van der Waals surface area contributed by atoms with Crippen molar-refractivity contribution in [3.05, 3.63) is 39.3 Å². The Morgan fingerprint density at radius 2 is 2.17 bits per heavy atom. The Hall–Kier alpha value is -2.68. The van der Waals surface area contributed by atoms with Gasteiger partial charge in [-0.3, -0.25) is 19.7 Å². The minimum atomic E-state index is -0.478. The summed E-state index contributed by atoms with van der Waals surface area (Å²) in [5.74, 6) is -0.701. The summed E-state index contributed by atoms with van der Waals surface area (Å²) in [5, 5.41) is 4.61. The summed E-state index contributed by atoms with van der Waals surface area (Å²) in [5.41, 5.74) is 0.295. The largest absolute Gasteiger partial charge is 0.491 e. The van der Waals surface area contributed by atoms with Crippen LogP contribution in [-0.4, -0.2) is 35.1 Å². The number of esters is 1. The number of thiazole rings is 1. The van der Waals surface area contributed by atoms with Gasteiger partial charge in [-0.1, -0.05) is 0 Å². The first-order chi connectivity index (χ1) is 11.4. The molecule has 0 bridgehead atoms. The van der Waals surface area contributed by atoms with E-state index in [0.717, 1.165) is 0 Å². The molecule has 9 heteroatoms. The number of carbonyl (C=O) groups excluding carboxylic acids is 2. The summed E-state index contributed by atoms with van der Waals surface area (Å²) >= 11 is 1.19. The number of ether oxygens (including phenoxy) is 2. The number of rotatable bonds is 6. The molecule has 0 radical (unpaired) electrons. The third-order valence-electron chi connectivity index (χ3n) is 3.06. The second kappa shape index (κ2) is 7.73. The van der Waals surface area contributed by atoms with E-state index in [0.29, 0.717) is 17.4 Å². The van der Waals surface area contributed by atoms with Crippen LogP contribution in [0.15, 0.2) is 22.4 Å². The lowest BCUT2D eigenvalue weighted by molar-refractivity contribution is -0.142. The number of aromatic nitrogens is 2. The van der Waals surface area contributed by atoms with Gasteiger partial charge in [0.05, 0.1) is 32.0 Å². The predicted octanol–water partition coefficient (Wildman–Crippen LogP) is 1.21. The van der Waals surface area contributed by atoms with Gasteiger partial charge in [-0.05, 0) is 6.92 Å². The van der Waals surface area contributed by atoms with Gasteiger partial charge in [0.15, 0.2) is 10.9 Å². The van der Waals surface area contributed by atoms with Gasteiger partial charge in [-0.15, -0.1) is 11.3 Å². The minimum Gasteiger partial charge on any atom is -0.491 e. The van der Waals surface area contributed by atoms with Gasteiger partial charge in [-0.2, -0.15) is 0 Å². The maximum Gasteiger partial charge on any atom is 0.311 e. The van der Waals surface area contributed by atoms with Gasteiger partial charge in [-0.25, -0.2) is 4.98 Å². The Balaban J connectivity index is 2.10. The molecule has 0 aliphatic heterocycles. The van der Waals surface area contributed by atoms with Crippen LogP contribution in [0.25, 0.3) is 0 Å². The van der Waals surface area contributed by atoms with Crippen LogP contribution in [0.5, 0.6) is 5.75 Å². The third kappa shape index (κ3) is 4.19. The van der Waals surface area contributed by atoms with Crippen LogP contribution in [0.3, 0.4) is 0 Å². The highest BCUT2D eigenvalue weighted by Crippen LogP contribution is 2.17. The fraction of sp³-hybridized carbons (Fsp3) is 0.333. The van der Waals surface area contributed by atoms with Gasteiger partial charge in [0, 0.05) is 18.5 Å². The topological polar surface area (TPSA) is 99.5 Å². The lowest BCUT2D eigenvalue weighted by atomic mass is 10.3. The standard InChI is InChI=1S/C15H17N3O5S/c1-4-23-13(20)5-9-8-24-15(16-9)17-14(21)10-6-11(19)12(22-3)7-18(10)2/h6-8H,4-5H2,1-3H3,(H,16,17,21). The summed E-state index contributed by atoms with van der Waals surface area (Å²) in [7, 11) is 3.02. The first-order valence-electron chi connectivity index (χ1n) is 7.10. The summed E-state index contributed by atoms with van der Waals surface area (Å²) in [6, 6.07) is 1.20. The predicted molar refractivity (Wildman–Crippen MR) is 88.6 cm³/mol. The van der Waals surface area contributed by atoms with Crippen LogP contribution in [0, 0.1) is 0 Å². The molecular formula is C15H17N3O5S. The molecule has 0 saturated heterocycles. The highest BCUT2D eigenvalue weighted by Gasteiger charge is 2.15. The number of nitrogens with zero attached hydrogens (tertiary/aromatic N) is 2. The zero-order valence-corrected chi connectivity index (χ0v) is 14.3. The average molecular weight is 351 g/mol. The van der Waals surface area contributed by atoms with E-state index < -0.39 is 5.91 Å². The van der Waals surface area contributed by atoms with Crippen LogP contribution < -0.4 is 15.5 Å². The fourth-order valence-corrected chi connectivity index (χ4v) is 2.66. The zero-order valence-electron chi connectivity index (χ0n) is 13.5. The molecule has 0 saturated carbocycles. The molecule has 128 valence electrons. The van der Waals surface area contributed by atoms with Crippen molar-refractivity contribution >= 4 is 28.3 Å². The molecule has 24 heavy (non-hydrogen) atoms. The van der Waals surface area contributed by atoms with Crippen molar-refractivity contribution in [3.8, 4) is 5.75 Å². The number of anilines is 1. The quantitative estimate of drug-likeness (QED) is 0.785. The molecule has 0 atom stereocenters. The Labute approximate surface area is 142 Å². The maximum atomic E-state index is 12.3. The molecule has 0 fully saturated rings. The van der Waals surface area contributed by atoms with Crippen LogP contribution in [-0.2, 0) is 23.0 Å². The average Bonchev–Trinajstić information content (AvgIpc) is 2.96. The number of methoxy groups -OCH3 is 1. The molecule has 1 amide bonds. The van der Waals surface area contributed by atoms with Crippen molar-refractivity contribution in [2.75, 3.05) is 19.0 Å². The summed E-state index contributed by atoms with van der Waals surface area (Å²) in [6.07, 6.45) is 1.48. The lowest BCUT2D eigenvalue weighted by Gasteiger charge is -2.09. The summed E-state index contributed by atoms with van der Waals surface area (Å²) in [6.45, 7) is 2.03. The smallest absolute Gasteiger partial charge is 0.311 e. The second-order valence-corrected chi connectivity index (χ2v) is 5.64. The van der Waals surface area contributed by atoms with Crippen LogP contribution in [0.1, 0.15) is 23.1 Å². The maximum absolute atomic E-state index is 12.3. The number of hydrogen-bond donors (Lipinski definition) is 1. The molecule has 0 spiro atoms. The van der Waals surface area contributed by atoms with E-state index in [1.165, 1.54) is 35.3 Å². The fourth-order valence-electron chi connectivity index (χ4n) is 1.95. The molecule has 2 rings (SSSR count). The molecule has 2 aromatic heterocycles. The molecule has 0 aliphatic rings. The Morgan fingerprint density at radius 1 is 1.42 bits per heavy atom. The summed E-state index contributed by atoms with van der Waals surface area (Å²) in [4.78, 5) is 39.6. The van der Waals surface area contributed by atoms with Gasteiger partial charge in [0.2, 0.25) is 5.43 Å². The Bertz CT molecular complexity index is 812. The monoisotopic (exact) mass is 351 g/mol. The van der Waals surface area contributed by atoms with Gasteiger partial charge in [0.25, 0.3) is 5.91 Å². The van der Waals surface area contributed by atoms with Gasteiger partial charge in [0.1, 0.15) is 5.69 Å². The van der Waals surface area contributed by atoms with Crippen molar-refractivity contribution in [2.24, 2.45) is 7.05 Å². The van der Waals surface area contributed by atoms with Gasteiger partial charge < -0.3 is 14.0 Å². The molecule has 8 nitrogen and oxygen atoms in total. The molecule has 1 N–H and O–H groups in total. The van der Waals surface area contributed by atoms with Crippen molar-refractivity contribution in [1.29, 1.82) is 0 Å². The first kappa shape index (κ1) is 17.7. The number of amides is 1. The van der Waals surface area contributed by atoms with Crippen molar-refractivity contribution in [1.82, 2.24) is 9.55 Å². The van der Waals surface area contributed by atoms with Crippen molar-refractivity contribution in [2.45, 2.75) is 13.3 Å². The van der Waals surface area contributed by atoms with Crippen LogP contribution >= 0.6 is 11.3 Å². The van der Waals surface area contributed by atoms with Crippen molar-refractivity contribution < 1.29 is 19.1 Å². The number of hydrogen-bond acceptors (Lipinski definition) is 7. The third-order valence-corrected chi connectivity index (χ3v) is 3.86. The van der Waals surface area contributed by atoms with Crippen LogP contribution in [0.2, 0.25) is 0 Å². The van der Waals surface area contributed by atoms with E-state index in [2.05, 4.69) is 10.3 Å². The second-order valence-electron chi connectivity index (χ2n) is 4.78. The number of aryl methyl sites for hydroxylation is 1. The van der Waals surface area contributed by atoms with E-state index >= 15 is 0 Å². The molecule has 0 unspecified atom stereocenters. The first-order valence-corrected chi connectivity index (χ1v) is 7.98. The molecule has 2 heterocycles. The van der Waals surface area contributed by atoms with E-state index in [9.17, 15) is 14.4 Å². The number of pyridine rings is 1. The normalized spacial score (nSPS) is 10.3. The SMILES string of the molecule is CCOC(=O)Cc1csc(NC(=O)c2cc(=O)c(OC)cn2C)n1. The number of carbonyl (C=O) groups is 2. The van der Waals surface area contributed by atoms with E-state index in [4.69, 9.17) is 9.47 Å². The van der Waals surface area contributed by atoms with Crippen molar-refractivity contribution in [3.63, 3.8) is 0 Å². The zero-order chi connectivity index (χ0) is 17.7. The number of nitrogens with one attached hydrogen (secondary N) is 1. The van der Waals surface area contributed by atoms with E-state index in [-0.39, 0.29) is 29.3 Å². The van der Waals surface area contributed by atoms with Crippen LogP contribution in [0.4, 0.5) is 5.13 Å². The molecule has 2 aromatic rings. The van der Waals surface area contributed by atoms with E-state index in [1.807, 2.05) is 0 Å². The van der Waals surface area contributed by atoms with E-state index in [1.54, 1.807) is 19.4 Å². The highest BCUT2D eigenvalue weighted by molar-refractivity contribution is 7.14. The Morgan fingerprint density at radius 3 is 2.83 bits per heavy atom. The minimum absolute atomic E-state index is 0.0429. The lowest BCUT2D eigenvalue weighted by Crippen LogP contribution is -2.21. The highest BCUT2D eigenvalue weighted by atomic mass is 32.1. The Kier molecular flexibility index (Phi) is 5.69. The van der Waals surface area contributed by atoms with Gasteiger partial charge >= 0.3 is 5.97 Å². The summed E-state index contributed by atoms with van der Waals surface area (Å²) < 4.78 is 11.3. The molecular weight excluding hydrogens is 334 g/mol.